The van der Waals surface area contributed by atoms with Crippen molar-refractivity contribution in [3.05, 3.63) is 68.0 Å². The van der Waals surface area contributed by atoms with Crippen molar-refractivity contribution in [3.63, 3.8) is 0 Å². The van der Waals surface area contributed by atoms with E-state index in [1.54, 1.807) is 13.2 Å². The van der Waals surface area contributed by atoms with E-state index in [9.17, 15) is 14.4 Å². The Bertz CT molecular complexity index is 1190. The molecule has 0 bridgehead atoms. The molecule has 1 amide bonds. The predicted molar refractivity (Wildman–Crippen MR) is 110 cm³/mol. The molecule has 0 fully saturated rings. The minimum Gasteiger partial charge on any atom is -0.325 e. The van der Waals surface area contributed by atoms with Crippen molar-refractivity contribution in [3.8, 4) is 0 Å². The molecule has 146 valence electrons. The molecule has 0 aliphatic heterocycles. The molecule has 7 nitrogen and oxygen atoms in total. The second-order valence-electron chi connectivity index (χ2n) is 7.36. The van der Waals surface area contributed by atoms with E-state index >= 15 is 0 Å². The molecule has 1 N–H and O–H groups in total. The van der Waals surface area contributed by atoms with E-state index in [2.05, 4.69) is 10.3 Å². The number of hydrogen-bond acceptors (Lipinski definition) is 4. The lowest BCUT2D eigenvalue weighted by Gasteiger charge is -2.17. The number of hydrogen-bond donors (Lipinski definition) is 1. The fraction of sp³-hybridized carbons (Fsp3) is 0.333. The van der Waals surface area contributed by atoms with E-state index in [-0.39, 0.29) is 29.3 Å². The van der Waals surface area contributed by atoms with Gasteiger partial charge in [-0.05, 0) is 24.0 Å². The van der Waals surface area contributed by atoms with Crippen molar-refractivity contribution in [1.82, 2.24) is 14.1 Å². The first-order valence-corrected chi connectivity index (χ1v) is 9.14. The van der Waals surface area contributed by atoms with E-state index in [0.29, 0.717) is 5.69 Å². The Morgan fingerprint density at radius 2 is 1.89 bits per heavy atom. The Balaban J connectivity index is 2.15. The minimum atomic E-state index is -0.473. The van der Waals surface area contributed by atoms with Gasteiger partial charge in [0.1, 0.15) is 5.39 Å². The van der Waals surface area contributed by atoms with E-state index in [0.717, 1.165) is 21.3 Å². The van der Waals surface area contributed by atoms with Crippen molar-refractivity contribution in [2.75, 3.05) is 5.32 Å². The molecule has 7 heteroatoms. The summed E-state index contributed by atoms with van der Waals surface area (Å²) in [5.41, 5.74) is 2.46. The highest BCUT2D eigenvalue weighted by molar-refractivity contribution is 6.01. The smallest absolute Gasteiger partial charge is 0.325 e. The Hall–Kier alpha value is -3.22. The van der Waals surface area contributed by atoms with Crippen LogP contribution in [-0.2, 0) is 25.3 Å². The highest BCUT2D eigenvalue weighted by Crippen LogP contribution is 2.28. The molecule has 0 spiro atoms. The third-order valence-corrected chi connectivity index (χ3v) is 4.83. The number of nitrogens with one attached hydrogen (secondary N) is 1. The lowest BCUT2D eigenvalue weighted by atomic mass is 10.0. The number of anilines is 1. The van der Waals surface area contributed by atoms with Gasteiger partial charge in [0.05, 0.1) is 12.1 Å². The largest absolute Gasteiger partial charge is 0.332 e. The van der Waals surface area contributed by atoms with Gasteiger partial charge in [0.15, 0.2) is 5.65 Å². The first-order chi connectivity index (χ1) is 13.2. The van der Waals surface area contributed by atoms with Crippen molar-refractivity contribution in [2.45, 2.75) is 33.1 Å². The molecule has 2 heterocycles. The standard InChI is InChI=1S/C21H24N4O3/c1-12(2)15-11-22-19-17(20(27)25(5)21(28)24(19)4)18(15)23-16(26)10-14-8-6-7-13(3)9-14/h6-9,11-12H,10H2,1-5H3,(H,22,23,26). The van der Waals surface area contributed by atoms with Crippen LogP contribution in [0.3, 0.4) is 0 Å². The quantitative estimate of drug-likeness (QED) is 0.752. The van der Waals surface area contributed by atoms with Crippen LogP contribution in [0.25, 0.3) is 11.0 Å². The zero-order valence-corrected chi connectivity index (χ0v) is 16.7. The molecule has 0 aliphatic carbocycles. The van der Waals surface area contributed by atoms with Gasteiger partial charge in [0.25, 0.3) is 5.56 Å². The number of nitrogens with zero attached hydrogens (tertiary/aromatic N) is 3. The summed E-state index contributed by atoms with van der Waals surface area (Å²) >= 11 is 0. The molecule has 1 aromatic carbocycles. The van der Waals surface area contributed by atoms with Crippen LogP contribution in [0.2, 0.25) is 0 Å². The van der Waals surface area contributed by atoms with Crippen LogP contribution in [0.1, 0.15) is 36.5 Å². The summed E-state index contributed by atoms with van der Waals surface area (Å²) in [6, 6.07) is 7.73. The summed E-state index contributed by atoms with van der Waals surface area (Å²) in [7, 11) is 2.98. The van der Waals surface area contributed by atoms with Crippen LogP contribution in [0.5, 0.6) is 0 Å². The third-order valence-electron chi connectivity index (χ3n) is 4.83. The van der Waals surface area contributed by atoms with Crippen LogP contribution < -0.4 is 16.6 Å². The molecule has 3 rings (SSSR count). The maximum atomic E-state index is 12.8. The summed E-state index contributed by atoms with van der Waals surface area (Å²) < 4.78 is 2.35. The lowest BCUT2D eigenvalue weighted by molar-refractivity contribution is -0.115. The number of pyridine rings is 1. The van der Waals surface area contributed by atoms with Gasteiger partial charge in [-0.2, -0.15) is 0 Å². The topological polar surface area (TPSA) is 86.0 Å². The molecular formula is C21H24N4O3. The molecule has 0 aliphatic rings. The Labute approximate surface area is 162 Å². The Kier molecular flexibility index (Phi) is 5.18. The zero-order valence-electron chi connectivity index (χ0n) is 16.7. The van der Waals surface area contributed by atoms with Gasteiger partial charge < -0.3 is 5.32 Å². The molecule has 0 saturated carbocycles. The minimum absolute atomic E-state index is 0.0353. The van der Waals surface area contributed by atoms with Gasteiger partial charge in [-0.1, -0.05) is 43.7 Å². The molecule has 0 atom stereocenters. The summed E-state index contributed by atoms with van der Waals surface area (Å²) in [4.78, 5) is 42.1. The van der Waals surface area contributed by atoms with E-state index in [1.807, 2.05) is 45.0 Å². The molecular weight excluding hydrogens is 356 g/mol. The number of benzene rings is 1. The van der Waals surface area contributed by atoms with Gasteiger partial charge in [-0.15, -0.1) is 0 Å². The van der Waals surface area contributed by atoms with Crippen molar-refractivity contribution >= 4 is 22.6 Å². The maximum Gasteiger partial charge on any atom is 0.332 e. The highest BCUT2D eigenvalue weighted by atomic mass is 16.2. The number of aryl methyl sites for hydroxylation is 2. The Morgan fingerprint density at radius 1 is 1.18 bits per heavy atom. The van der Waals surface area contributed by atoms with Crippen LogP contribution in [0, 0.1) is 6.92 Å². The van der Waals surface area contributed by atoms with Gasteiger partial charge >= 0.3 is 5.69 Å². The number of carbonyl (C=O) groups is 1. The SMILES string of the molecule is Cc1cccc(CC(=O)Nc2c(C(C)C)cnc3c2c(=O)n(C)c(=O)n3C)c1. The van der Waals surface area contributed by atoms with Crippen molar-refractivity contribution < 1.29 is 4.79 Å². The lowest BCUT2D eigenvalue weighted by Crippen LogP contribution is -2.38. The summed E-state index contributed by atoms with van der Waals surface area (Å²) in [6.45, 7) is 5.90. The number of amides is 1. The van der Waals surface area contributed by atoms with Gasteiger partial charge in [-0.25, -0.2) is 9.78 Å². The second kappa shape index (κ2) is 7.42. The molecule has 28 heavy (non-hydrogen) atoms. The highest BCUT2D eigenvalue weighted by Gasteiger charge is 2.20. The molecule has 3 aromatic rings. The number of fused-ring (bicyclic) bond motifs is 1. The predicted octanol–water partition coefficient (Wildman–Crippen LogP) is 2.25. The van der Waals surface area contributed by atoms with Gasteiger partial charge in [-0.3, -0.25) is 18.7 Å². The molecule has 0 unspecified atom stereocenters. The normalized spacial score (nSPS) is 11.2. The van der Waals surface area contributed by atoms with Crippen LogP contribution in [0.4, 0.5) is 5.69 Å². The summed E-state index contributed by atoms with van der Waals surface area (Å²) in [5, 5.41) is 3.15. The average Bonchev–Trinajstić information content (AvgIpc) is 2.64. The van der Waals surface area contributed by atoms with Gasteiger partial charge in [0.2, 0.25) is 5.91 Å². The van der Waals surface area contributed by atoms with Crippen LogP contribution in [-0.4, -0.2) is 20.0 Å². The molecule has 2 aromatic heterocycles. The fourth-order valence-electron chi connectivity index (χ4n) is 3.31. The van der Waals surface area contributed by atoms with E-state index in [1.165, 1.54) is 11.6 Å². The number of carbonyl (C=O) groups excluding carboxylic acids is 1. The Morgan fingerprint density at radius 3 is 2.54 bits per heavy atom. The maximum absolute atomic E-state index is 12.8. The average molecular weight is 380 g/mol. The monoisotopic (exact) mass is 380 g/mol. The van der Waals surface area contributed by atoms with E-state index in [4.69, 9.17) is 0 Å². The number of aromatic nitrogens is 3. The fourth-order valence-corrected chi connectivity index (χ4v) is 3.31. The first-order valence-electron chi connectivity index (χ1n) is 9.14. The van der Waals surface area contributed by atoms with Crippen molar-refractivity contribution in [2.24, 2.45) is 14.1 Å². The summed E-state index contributed by atoms with van der Waals surface area (Å²) in [5.74, 6) is -0.191. The van der Waals surface area contributed by atoms with Crippen LogP contribution in [0.15, 0.2) is 40.1 Å². The van der Waals surface area contributed by atoms with Crippen LogP contribution >= 0.6 is 0 Å². The molecule has 0 radical (unpaired) electrons. The third kappa shape index (κ3) is 3.47. The van der Waals surface area contributed by atoms with Gasteiger partial charge in [0, 0.05) is 20.3 Å². The molecule has 0 saturated heterocycles. The zero-order chi connectivity index (χ0) is 20.6. The second-order valence-corrected chi connectivity index (χ2v) is 7.36. The first kappa shape index (κ1) is 19.5. The van der Waals surface area contributed by atoms with E-state index < -0.39 is 11.2 Å². The van der Waals surface area contributed by atoms with Crippen molar-refractivity contribution in [1.29, 1.82) is 0 Å². The summed E-state index contributed by atoms with van der Waals surface area (Å²) in [6.07, 6.45) is 1.81. The number of rotatable bonds is 4.